The van der Waals surface area contributed by atoms with E-state index in [0.717, 1.165) is 5.56 Å². The zero-order chi connectivity index (χ0) is 17.6. The van der Waals surface area contributed by atoms with Crippen LogP contribution in [0, 0.1) is 6.92 Å². The number of ketones is 2. The molecule has 0 radical (unpaired) electrons. The van der Waals surface area contributed by atoms with Gasteiger partial charge in [0, 0.05) is 32.0 Å². The predicted molar refractivity (Wildman–Crippen MR) is 92.8 cm³/mol. The van der Waals surface area contributed by atoms with Crippen molar-refractivity contribution in [1.29, 1.82) is 0 Å². The van der Waals surface area contributed by atoms with Crippen LogP contribution < -0.4 is 15.5 Å². The Morgan fingerprint density at radius 1 is 0.917 bits per heavy atom. The quantitative estimate of drug-likeness (QED) is 0.731. The lowest BCUT2D eigenvalue weighted by Gasteiger charge is -2.13. The summed E-state index contributed by atoms with van der Waals surface area (Å²) in [4.78, 5) is 24.7. The summed E-state index contributed by atoms with van der Waals surface area (Å²) < 4.78 is 0. The maximum atomic E-state index is 12.8. The van der Waals surface area contributed by atoms with Crippen molar-refractivity contribution in [2.45, 2.75) is 6.92 Å². The number of carbonyl (C=O) groups is 2. The van der Waals surface area contributed by atoms with Gasteiger partial charge >= 0.3 is 0 Å². The lowest BCUT2D eigenvalue weighted by Crippen LogP contribution is -2.21. The smallest absolute Gasteiger partial charge is 0.233 e. The van der Waals surface area contributed by atoms with E-state index in [-0.39, 0.29) is 32.0 Å². The van der Waals surface area contributed by atoms with Crippen molar-refractivity contribution in [2.24, 2.45) is 0 Å². The fraction of sp³-hybridized carbons (Fsp3) is 0.0526. The van der Waals surface area contributed by atoms with Gasteiger partial charge in [-0.05, 0) is 29.8 Å². The van der Waals surface area contributed by atoms with E-state index in [1.54, 1.807) is 24.3 Å². The number of benzene rings is 2. The molecule has 0 saturated carbocycles. The Balaban J connectivity index is 2.36. The molecule has 0 fully saturated rings. The molecule has 0 aliphatic heterocycles. The molecule has 120 valence electrons. The maximum Gasteiger partial charge on any atom is 0.233 e. The summed E-state index contributed by atoms with van der Waals surface area (Å²) in [7, 11) is 0. The molecular weight excluding hydrogens is 347 g/mol. The first-order valence-corrected chi connectivity index (χ1v) is 7.83. The van der Waals surface area contributed by atoms with Gasteiger partial charge in [0.05, 0.1) is 0 Å². The number of allylic oxidation sites excluding steroid dienone is 2. The Bertz CT molecular complexity index is 1050. The number of hydrogen-bond donors (Lipinski definition) is 0. The van der Waals surface area contributed by atoms with Crippen molar-refractivity contribution in [3.63, 3.8) is 0 Å². The third kappa shape index (κ3) is 2.56. The second-order valence-corrected chi connectivity index (χ2v) is 6.35. The Hall–Kier alpha value is -2.36. The van der Waals surface area contributed by atoms with Crippen molar-refractivity contribution in [2.75, 3.05) is 0 Å². The Morgan fingerprint density at radius 2 is 1.58 bits per heavy atom. The molecule has 1 aliphatic rings. The zero-order valence-corrected chi connectivity index (χ0v) is 14.2. The fourth-order valence-corrected chi connectivity index (χ4v) is 3.26. The SMILES string of the molecule is C=c1cc/c(=C2/C(=O)C(=O)C(c3ccc(C)cc3Cl)=C2[O-])c(Cl)c1. The highest BCUT2D eigenvalue weighted by Crippen LogP contribution is 2.34. The van der Waals surface area contributed by atoms with Gasteiger partial charge in [0.15, 0.2) is 0 Å². The summed E-state index contributed by atoms with van der Waals surface area (Å²) in [5.41, 5.74) is 0.698. The van der Waals surface area contributed by atoms with E-state index < -0.39 is 17.3 Å². The highest BCUT2D eigenvalue weighted by atomic mass is 35.5. The summed E-state index contributed by atoms with van der Waals surface area (Å²) in [6.07, 6.45) is 0. The molecule has 2 aromatic carbocycles. The van der Waals surface area contributed by atoms with E-state index in [1.807, 2.05) is 6.92 Å². The number of aryl methyl sites for hydroxylation is 1. The number of carbonyl (C=O) groups excluding carboxylic acids is 2. The molecule has 3 nitrogen and oxygen atoms in total. The summed E-state index contributed by atoms with van der Waals surface area (Å²) in [5.74, 6) is -2.39. The first-order chi connectivity index (χ1) is 11.3. The van der Waals surface area contributed by atoms with Gasteiger partial charge in [-0.1, -0.05) is 59.8 Å². The summed E-state index contributed by atoms with van der Waals surface area (Å²) >= 11 is 12.3. The molecular formula is C19H11Cl2O3-. The van der Waals surface area contributed by atoms with Gasteiger partial charge in [-0.15, -0.1) is 0 Å². The van der Waals surface area contributed by atoms with Crippen molar-refractivity contribution >= 4 is 52.5 Å². The number of Topliss-reactive ketones (excluding diaryl/α,β-unsaturated/α-hetero) is 2. The van der Waals surface area contributed by atoms with Crippen LogP contribution in [0.25, 0.3) is 17.7 Å². The van der Waals surface area contributed by atoms with Gasteiger partial charge in [-0.25, -0.2) is 0 Å². The standard InChI is InChI=1S/C19H12Cl2O3/c1-9-3-5-11(13(20)7-9)15-17(22)16(19(24)18(15)23)12-6-4-10(2)8-14(12)21/h3-8,22H,1H2,2H3/p-1/b15-11-. The molecule has 3 rings (SSSR count). The van der Waals surface area contributed by atoms with Crippen LogP contribution in [0.1, 0.15) is 11.1 Å². The van der Waals surface area contributed by atoms with Crippen molar-refractivity contribution in [3.8, 4) is 0 Å². The molecule has 5 heteroatoms. The van der Waals surface area contributed by atoms with E-state index in [0.29, 0.717) is 5.22 Å². The Kier molecular flexibility index (Phi) is 4.08. The minimum atomic E-state index is -0.870. The molecule has 2 aromatic rings. The Morgan fingerprint density at radius 3 is 2.21 bits per heavy atom. The van der Waals surface area contributed by atoms with Gasteiger partial charge in [0.2, 0.25) is 11.6 Å². The average molecular weight is 358 g/mol. The van der Waals surface area contributed by atoms with Crippen LogP contribution in [0.15, 0.2) is 42.2 Å². The van der Waals surface area contributed by atoms with Crippen LogP contribution in [0.5, 0.6) is 0 Å². The second-order valence-electron chi connectivity index (χ2n) is 5.53. The highest BCUT2D eigenvalue weighted by molar-refractivity contribution is 6.70. The first-order valence-electron chi connectivity index (χ1n) is 7.07. The fourth-order valence-electron chi connectivity index (χ4n) is 2.63. The van der Waals surface area contributed by atoms with Crippen LogP contribution in [0.2, 0.25) is 10.0 Å². The molecule has 0 amide bonds. The van der Waals surface area contributed by atoms with E-state index >= 15 is 0 Å². The van der Waals surface area contributed by atoms with Gasteiger partial charge in [0.1, 0.15) is 0 Å². The molecule has 0 atom stereocenters. The van der Waals surface area contributed by atoms with Crippen molar-refractivity contribution < 1.29 is 14.7 Å². The molecule has 0 saturated heterocycles. The molecule has 0 unspecified atom stereocenters. The van der Waals surface area contributed by atoms with E-state index in [4.69, 9.17) is 23.2 Å². The van der Waals surface area contributed by atoms with Crippen LogP contribution in [0.4, 0.5) is 0 Å². The largest absolute Gasteiger partial charge is 0.871 e. The monoisotopic (exact) mass is 357 g/mol. The third-order valence-corrected chi connectivity index (χ3v) is 4.44. The third-order valence-electron chi connectivity index (χ3n) is 3.81. The van der Waals surface area contributed by atoms with E-state index in [1.165, 1.54) is 12.1 Å². The lowest BCUT2D eigenvalue weighted by atomic mass is 10.0. The first kappa shape index (κ1) is 16.5. The van der Waals surface area contributed by atoms with Gasteiger partial charge in [-0.3, -0.25) is 9.59 Å². The lowest BCUT2D eigenvalue weighted by molar-refractivity contribution is -0.290. The number of hydrogen-bond acceptors (Lipinski definition) is 3. The molecule has 1 aliphatic carbocycles. The Labute approximate surface area is 148 Å². The topological polar surface area (TPSA) is 57.2 Å². The number of halogens is 2. The number of rotatable bonds is 1. The van der Waals surface area contributed by atoms with Gasteiger partial charge in [0.25, 0.3) is 0 Å². The molecule has 0 aromatic heterocycles. The van der Waals surface area contributed by atoms with Crippen LogP contribution in [-0.2, 0) is 9.59 Å². The second kappa shape index (κ2) is 5.93. The van der Waals surface area contributed by atoms with Crippen molar-refractivity contribution in [1.82, 2.24) is 0 Å². The molecule has 0 N–H and O–H groups in total. The minimum Gasteiger partial charge on any atom is -0.871 e. The highest BCUT2D eigenvalue weighted by Gasteiger charge is 2.33. The molecule has 0 bridgehead atoms. The van der Waals surface area contributed by atoms with Crippen LogP contribution in [0.3, 0.4) is 0 Å². The predicted octanol–water partition coefficient (Wildman–Crippen LogP) is 1.79. The zero-order valence-electron chi connectivity index (χ0n) is 12.7. The van der Waals surface area contributed by atoms with Gasteiger partial charge in [-0.2, -0.15) is 0 Å². The minimum absolute atomic E-state index is 0.197. The maximum absolute atomic E-state index is 12.8. The molecule has 0 spiro atoms. The molecule has 24 heavy (non-hydrogen) atoms. The molecule has 0 heterocycles. The van der Waals surface area contributed by atoms with E-state index in [2.05, 4.69) is 6.58 Å². The average Bonchev–Trinajstić information content (AvgIpc) is 2.71. The van der Waals surface area contributed by atoms with Crippen molar-refractivity contribution in [3.05, 3.63) is 73.8 Å². The van der Waals surface area contributed by atoms with E-state index in [9.17, 15) is 14.7 Å². The summed E-state index contributed by atoms with van der Waals surface area (Å²) in [6, 6.07) is 9.60. The van der Waals surface area contributed by atoms with Crippen LogP contribution >= 0.6 is 23.2 Å². The van der Waals surface area contributed by atoms with Crippen LogP contribution in [-0.4, -0.2) is 11.6 Å². The normalized spacial score (nSPS) is 17.0. The summed E-state index contributed by atoms with van der Waals surface area (Å²) in [5, 5.41) is 14.1. The van der Waals surface area contributed by atoms with Gasteiger partial charge < -0.3 is 5.11 Å². The summed E-state index contributed by atoms with van der Waals surface area (Å²) in [6.45, 7) is 5.57.